The van der Waals surface area contributed by atoms with Gasteiger partial charge in [-0.25, -0.2) is 4.98 Å². The third kappa shape index (κ3) is 2.82. The summed E-state index contributed by atoms with van der Waals surface area (Å²) in [6, 6.07) is 17.4. The highest BCUT2D eigenvalue weighted by Crippen LogP contribution is 2.40. The van der Waals surface area contributed by atoms with Crippen LogP contribution in [-0.4, -0.2) is 10.9 Å². The van der Waals surface area contributed by atoms with Gasteiger partial charge in [0.15, 0.2) is 5.43 Å². The summed E-state index contributed by atoms with van der Waals surface area (Å²) in [5.41, 5.74) is 2.37. The van der Waals surface area contributed by atoms with Crippen molar-refractivity contribution in [2.24, 2.45) is 0 Å². The number of rotatable bonds is 3. The monoisotopic (exact) mass is 416 g/mol. The number of anilines is 1. The molecule has 148 valence electrons. The number of benzene rings is 2. The van der Waals surface area contributed by atoms with Gasteiger partial charge in [-0.2, -0.15) is 0 Å². The fraction of sp³-hybridized carbons (Fsp3) is 0.125. The fourth-order valence-electron chi connectivity index (χ4n) is 3.93. The maximum Gasteiger partial charge on any atom is 0.296 e. The largest absolute Gasteiger partial charge is 0.450 e. The molecule has 3 heterocycles. The van der Waals surface area contributed by atoms with E-state index in [1.165, 1.54) is 10.5 Å². The molecule has 30 heavy (non-hydrogen) atoms. The minimum Gasteiger partial charge on any atom is -0.450 e. The predicted octanol–water partition coefficient (Wildman–Crippen LogP) is 5.15. The molecule has 0 saturated carbocycles. The third-order valence-corrected chi connectivity index (χ3v) is 5.67. The van der Waals surface area contributed by atoms with Gasteiger partial charge >= 0.3 is 0 Å². The van der Waals surface area contributed by atoms with Gasteiger partial charge in [-0.05, 0) is 47.9 Å². The maximum absolute atomic E-state index is 13.5. The molecule has 5 nitrogen and oxygen atoms in total. The zero-order chi connectivity index (χ0) is 20.8. The Labute approximate surface area is 177 Å². The molecule has 4 aromatic rings. The van der Waals surface area contributed by atoms with Gasteiger partial charge in [0.25, 0.3) is 5.91 Å². The highest BCUT2D eigenvalue weighted by atomic mass is 35.5. The number of aryl methyl sites for hydroxylation is 1. The quantitative estimate of drug-likeness (QED) is 0.463. The van der Waals surface area contributed by atoms with E-state index in [0.717, 1.165) is 12.0 Å². The second kappa shape index (κ2) is 7.11. The van der Waals surface area contributed by atoms with Crippen molar-refractivity contribution in [3.8, 4) is 0 Å². The van der Waals surface area contributed by atoms with Gasteiger partial charge in [-0.1, -0.05) is 48.9 Å². The second-order valence-electron chi connectivity index (χ2n) is 7.18. The van der Waals surface area contributed by atoms with Crippen molar-refractivity contribution < 1.29 is 9.21 Å². The number of carbonyl (C=O) groups is 1. The number of halogens is 1. The predicted molar refractivity (Wildman–Crippen MR) is 116 cm³/mol. The Morgan fingerprint density at radius 2 is 1.87 bits per heavy atom. The lowest BCUT2D eigenvalue weighted by Crippen LogP contribution is -2.30. The lowest BCUT2D eigenvalue weighted by Gasteiger charge is -2.24. The van der Waals surface area contributed by atoms with Gasteiger partial charge in [0.2, 0.25) is 5.76 Å². The molecule has 1 unspecified atom stereocenters. The van der Waals surface area contributed by atoms with E-state index < -0.39 is 6.04 Å². The van der Waals surface area contributed by atoms with Crippen LogP contribution in [0.25, 0.3) is 11.0 Å². The van der Waals surface area contributed by atoms with Crippen LogP contribution in [0.2, 0.25) is 5.02 Å². The molecule has 1 aliphatic rings. The molecule has 5 rings (SSSR count). The lowest BCUT2D eigenvalue weighted by molar-refractivity contribution is 0.0970. The van der Waals surface area contributed by atoms with Gasteiger partial charge in [0.05, 0.1) is 17.0 Å². The van der Waals surface area contributed by atoms with Crippen LogP contribution in [0, 0.1) is 0 Å². The summed E-state index contributed by atoms with van der Waals surface area (Å²) in [6.07, 6.45) is 2.52. The molecule has 1 atom stereocenters. The molecule has 0 fully saturated rings. The number of hydrogen-bond acceptors (Lipinski definition) is 4. The molecule has 1 amide bonds. The summed E-state index contributed by atoms with van der Waals surface area (Å²) >= 11 is 6.11. The topological polar surface area (TPSA) is 63.4 Å². The van der Waals surface area contributed by atoms with Crippen molar-refractivity contribution >= 4 is 34.3 Å². The third-order valence-electron chi connectivity index (χ3n) is 5.43. The number of amides is 1. The Kier molecular flexibility index (Phi) is 4.40. The van der Waals surface area contributed by atoms with E-state index >= 15 is 0 Å². The summed E-state index contributed by atoms with van der Waals surface area (Å²) < 4.78 is 5.92. The van der Waals surface area contributed by atoms with E-state index in [1.807, 2.05) is 24.3 Å². The molecule has 0 aliphatic carbocycles. The molecule has 0 radical (unpaired) electrons. The number of aromatic nitrogens is 1. The Morgan fingerprint density at radius 1 is 1.07 bits per heavy atom. The number of fused-ring (bicyclic) bond motifs is 2. The number of hydrogen-bond donors (Lipinski definition) is 0. The minimum absolute atomic E-state index is 0.0463. The summed E-state index contributed by atoms with van der Waals surface area (Å²) in [5.74, 6) is 0.118. The number of pyridine rings is 1. The first-order valence-corrected chi connectivity index (χ1v) is 10.1. The van der Waals surface area contributed by atoms with Crippen molar-refractivity contribution in [2.45, 2.75) is 19.4 Å². The average molecular weight is 417 g/mol. The molecule has 2 aromatic heterocycles. The molecular weight excluding hydrogens is 400 g/mol. The molecule has 0 saturated heterocycles. The van der Waals surface area contributed by atoms with Crippen molar-refractivity contribution in [2.75, 3.05) is 4.90 Å². The van der Waals surface area contributed by atoms with Crippen LogP contribution in [0.4, 0.5) is 5.82 Å². The van der Waals surface area contributed by atoms with Gasteiger partial charge in [0.1, 0.15) is 11.4 Å². The maximum atomic E-state index is 13.5. The summed E-state index contributed by atoms with van der Waals surface area (Å²) in [6.45, 7) is 2.08. The van der Waals surface area contributed by atoms with Crippen LogP contribution >= 0.6 is 11.6 Å². The number of nitrogens with zero attached hydrogens (tertiary/aromatic N) is 2. The lowest BCUT2D eigenvalue weighted by atomic mass is 9.97. The van der Waals surface area contributed by atoms with Crippen LogP contribution < -0.4 is 10.3 Å². The Bertz CT molecular complexity index is 1330. The van der Waals surface area contributed by atoms with E-state index in [-0.39, 0.29) is 17.1 Å². The number of carbonyl (C=O) groups excluding carboxylic acids is 1. The van der Waals surface area contributed by atoms with Crippen LogP contribution in [0.5, 0.6) is 0 Å². The van der Waals surface area contributed by atoms with E-state index in [1.54, 1.807) is 42.6 Å². The van der Waals surface area contributed by atoms with Gasteiger partial charge < -0.3 is 4.42 Å². The van der Waals surface area contributed by atoms with Gasteiger partial charge in [0, 0.05) is 11.2 Å². The SMILES string of the molecule is CCc1ccc(C2c3c(oc4ccc(Cl)cc4c3=O)C(=O)N2c2ccccn2)cc1. The minimum atomic E-state index is -0.632. The molecule has 0 spiro atoms. The van der Waals surface area contributed by atoms with Gasteiger partial charge in [-0.15, -0.1) is 0 Å². The van der Waals surface area contributed by atoms with Crippen molar-refractivity contribution in [3.05, 3.63) is 105 Å². The fourth-order valence-corrected chi connectivity index (χ4v) is 4.10. The first kappa shape index (κ1) is 18.6. The highest BCUT2D eigenvalue weighted by molar-refractivity contribution is 6.31. The second-order valence-corrected chi connectivity index (χ2v) is 7.61. The zero-order valence-corrected chi connectivity index (χ0v) is 16.9. The summed E-state index contributed by atoms with van der Waals surface area (Å²) in [7, 11) is 0. The van der Waals surface area contributed by atoms with Crippen LogP contribution in [0.15, 0.2) is 76.1 Å². The van der Waals surface area contributed by atoms with Gasteiger partial charge in [-0.3, -0.25) is 14.5 Å². The van der Waals surface area contributed by atoms with Crippen LogP contribution in [-0.2, 0) is 6.42 Å². The zero-order valence-electron chi connectivity index (χ0n) is 16.1. The van der Waals surface area contributed by atoms with Crippen molar-refractivity contribution in [3.63, 3.8) is 0 Å². The standard InChI is InChI=1S/C24H17ClN2O3/c1-2-14-6-8-15(9-7-14)21-20-22(28)17-13-16(25)10-11-18(17)30-23(20)24(29)27(21)19-5-3-4-12-26-19/h3-13,21H,2H2,1H3. The van der Waals surface area contributed by atoms with Crippen LogP contribution in [0.1, 0.15) is 40.2 Å². The van der Waals surface area contributed by atoms with E-state index in [2.05, 4.69) is 11.9 Å². The molecule has 1 aliphatic heterocycles. The van der Waals surface area contributed by atoms with Crippen LogP contribution in [0.3, 0.4) is 0 Å². The smallest absolute Gasteiger partial charge is 0.296 e. The first-order valence-electron chi connectivity index (χ1n) is 9.68. The Morgan fingerprint density at radius 3 is 2.57 bits per heavy atom. The van der Waals surface area contributed by atoms with Crippen molar-refractivity contribution in [1.29, 1.82) is 0 Å². The summed E-state index contributed by atoms with van der Waals surface area (Å²) in [4.78, 5) is 32.8. The van der Waals surface area contributed by atoms with Crippen molar-refractivity contribution in [1.82, 2.24) is 4.98 Å². The first-order chi connectivity index (χ1) is 14.6. The van der Waals surface area contributed by atoms with E-state index in [9.17, 15) is 9.59 Å². The summed E-state index contributed by atoms with van der Waals surface area (Å²) in [5, 5.41) is 0.789. The highest BCUT2D eigenvalue weighted by Gasteiger charge is 2.44. The average Bonchev–Trinajstić information content (AvgIpc) is 3.07. The molecular formula is C24H17ClN2O3. The van der Waals surface area contributed by atoms with E-state index in [4.69, 9.17) is 16.0 Å². The normalized spacial score (nSPS) is 15.6. The van der Waals surface area contributed by atoms with E-state index in [0.29, 0.717) is 27.4 Å². The Hall–Kier alpha value is -3.44. The molecule has 6 heteroatoms. The Balaban J connectivity index is 1.80. The molecule has 0 bridgehead atoms. The molecule has 0 N–H and O–H groups in total. The molecule has 2 aromatic carbocycles.